The van der Waals surface area contributed by atoms with Gasteiger partial charge in [0.25, 0.3) is 0 Å². The van der Waals surface area contributed by atoms with Crippen LogP contribution in [0.1, 0.15) is 36.0 Å². The molecule has 1 saturated carbocycles. The summed E-state index contributed by atoms with van der Waals surface area (Å²) in [5.74, 6) is 0.816. The van der Waals surface area contributed by atoms with Crippen LogP contribution >= 0.6 is 0 Å². The molecule has 0 aromatic heterocycles. The van der Waals surface area contributed by atoms with E-state index in [1.165, 1.54) is 32.8 Å². The molecule has 98 valence electrons. The van der Waals surface area contributed by atoms with Crippen molar-refractivity contribution in [2.45, 2.75) is 25.7 Å². The van der Waals surface area contributed by atoms with E-state index in [1.54, 1.807) is 18.2 Å². The summed E-state index contributed by atoms with van der Waals surface area (Å²) in [5.41, 5.74) is 6.86. The van der Waals surface area contributed by atoms with Gasteiger partial charge in [0, 0.05) is 0 Å². The van der Waals surface area contributed by atoms with E-state index in [0.29, 0.717) is 29.5 Å². The Labute approximate surface area is 107 Å². The summed E-state index contributed by atoms with van der Waals surface area (Å²) < 4.78 is 10.4. The molecule has 0 saturated heterocycles. The fourth-order valence-electron chi connectivity index (χ4n) is 2.29. The topological polar surface area (TPSA) is 61.5 Å². The van der Waals surface area contributed by atoms with Gasteiger partial charge in [-0.2, -0.15) is 0 Å². The van der Waals surface area contributed by atoms with Crippen LogP contribution in [0.5, 0.6) is 5.75 Å². The molecule has 1 aliphatic carbocycles. The molecule has 0 unspecified atom stereocenters. The summed E-state index contributed by atoms with van der Waals surface area (Å²) in [6, 6.07) is 4.97. The van der Waals surface area contributed by atoms with E-state index in [1.807, 2.05) is 0 Å². The molecule has 1 aromatic carbocycles. The molecule has 0 atom stereocenters. The third-order valence-electron chi connectivity index (χ3n) is 3.38. The van der Waals surface area contributed by atoms with E-state index in [9.17, 15) is 4.79 Å². The Morgan fingerprint density at radius 3 is 2.78 bits per heavy atom. The summed E-state index contributed by atoms with van der Waals surface area (Å²) in [5, 5.41) is 0. The van der Waals surface area contributed by atoms with Gasteiger partial charge in [-0.1, -0.05) is 12.8 Å². The summed E-state index contributed by atoms with van der Waals surface area (Å²) >= 11 is 0. The normalized spacial score (nSPS) is 15.6. The second-order valence-electron chi connectivity index (χ2n) is 4.71. The molecule has 0 aliphatic heterocycles. The summed E-state index contributed by atoms with van der Waals surface area (Å²) in [6.07, 6.45) is 5.00. The van der Waals surface area contributed by atoms with Gasteiger partial charge in [-0.25, -0.2) is 4.79 Å². The summed E-state index contributed by atoms with van der Waals surface area (Å²) in [6.45, 7) is 0.675. The van der Waals surface area contributed by atoms with Crippen molar-refractivity contribution in [2.24, 2.45) is 5.92 Å². The van der Waals surface area contributed by atoms with Crippen molar-refractivity contribution in [3.8, 4) is 5.75 Å². The van der Waals surface area contributed by atoms with Gasteiger partial charge in [0.05, 0.1) is 25.0 Å². The molecule has 4 nitrogen and oxygen atoms in total. The van der Waals surface area contributed by atoms with E-state index >= 15 is 0 Å². The number of rotatable bonds is 4. The standard InChI is InChI=1S/C14H19NO3/c1-17-14(16)11-6-7-12(15)13(8-11)18-9-10-4-2-3-5-10/h6-8,10H,2-5,9,15H2,1H3. The first kappa shape index (κ1) is 12.7. The van der Waals surface area contributed by atoms with Crippen LogP contribution in [0.3, 0.4) is 0 Å². The Hall–Kier alpha value is -1.71. The summed E-state index contributed by atoms with van der Waals surface area (Å²) in [4.78, 5) is 11.4. The van der Waals surface area contributed by atoms with Crippen molar-refractivity contribution >= 4 is 11.7 Å². The van der Waals surface area contributed by atoms with Gasteiger partial charge >= 0.3 is 5.97 Å². The van der Waals surface area contributed by atoms with E-state index in [4.69, 9.17) is 10.5 Å². The van der Waals surface area contributed by atoms with E-state index in [-0.39, 0.29) is 5.97 Å². The van der Waals surface area contributed by atoms with E-state index in [2.05, 4.69) is 4.74 Å². The predicted molar refractivity (Wildman–Crippen MR) is 69.6 cm³/mol. The van der Waals surface area contributed by atoms with Crippen molar-refractivity contribution in [2.75, 3.05) is 19.5 Å². The number of nitrogens with two attached hydrogens (primary N) is 1. The number of benzene rings is 1. The number of carbonyl (C=O) groups is 1. The zero-order valence-electron chi connectivity index (χ0n) is 10.6. The van der Waals surface area contributed by atoms with Crippen molar-refractivity contribution in [3.63, 3.8) is 0 Å². The molecule has 2 rings (SSSR count). The molecule has 1 aromatic rings. The monoisotopic (exact) mass is 249 g/mol. The smallest absolute Gasteiger partial charge is 0.337 e. The molecule has 0 heterocycles. The van der Waals surface area contributed by atoms with Crippen LogP contribution in [0.25, 0.3) is 0 Å². The average molecular weight is 249 g/mol. The lowest BCUT2D eigenvalue weighted by Crippen LogP contribution is -2.10. The zero-order chi connectivity index (χ0) is 13.0. The van der Waals surface area contributed by atoms with Crippen molar-refractivity contribution in [1.82, 2.24) is 0 Å². The molecule has 0 spiro atoms. The van der Waals surface area contributed by atoms with Gasteiger partial charge in [0.1, 0.15) is 5.75 Å². The van der Waals surface area contributed by atoms with Crippen LogP contribution in [0, 0.1) is 5.92 Å². The number of hydrogen-bond acceptors (Lipinski definition) is 4. The lowest BCUT2D eigenvalue weighted by molar-refractivity contribution is 0.0600. The maximum atomic E-state index is 11.4. The molecule has 4 heteroatoms. The SMILES string of the molecule is COC(=O)c1ccc(N)c(OCC2CCCC2)c1. The number of esters is 1. The Morgan fingerprint density at radius 2 is 2.11 bits per heavy atom. The number of nitrogen functional groups attached to an aromatic ring is 1. The minimum Gasteiger partial charge on any atom is -0.491 e. The van der Waals surface area contributed by atoms with Crippen molar-refractivity contribution < 1.29 is 14.3 Å². The van der Waals surface area contributed by atoms with Gasteiger partial charge < -0.3 is 15.2 Å². The quantitative estimate of drug-likeness (QED) is 0.658. The molecule has 0 bridgehead atoms. The second-order valence-corrected chi connectivity index (χ2v) is 4.71. The van der Waals surface area contributed by atoms with Crippen molar-refractivity contribution in [3.05, 3.63) is 23.8 Å². The van der Waals surface area contributed by atoms with Crippen LogP contribution < -0.4 is 10.5 Å². The summed E-state index contributed by atoms with van der Waals surface area (Å²) in [7, 11) is 1.36. The minimum absolute atomic E-state index is 0.374. The molecule has 18 heavy (non-hydrogen) atoms. The Bertz CT molecular complexity index is 425. The van der Waals surface area contributed by atoms with Crippen LogP contribution in [0.2, 0.25) is 0 Å². The number of ether oxygens (including phenoxy) is 2. The molecule has 0 radical (unpaired) electrons. The van der Waals surface area contributed by atoms with Gasteiger partial charge in [0.2, 0.25) is 0 Å². The minimum atomic E-state index is -0.374. The van der Waals surface area contributed by atoms with Crippen LogP contribution in [-0.4, -0.2) is 19.7 Å². The van der Waals surface area contributed by atoms with E-state index in [0.717, 1.165) is 0 Å². The fourth-order valence-corrected chi connectivity index (χ4v) is 2.29. The molecular weight excluding hydrogens is 230 g/mol. The first-order valence-electron chi connectivity index (χ1n) is 6.31. The lowest BCUT2D eigenvalue weighted by atomic mass is 10.1. The van der Waals surface area contributed by atoms with E-state index < -0.39 is 0 Å². The van der Waals surface area contributed by atoms with Crippen LogP contribution in [-0.2, 0) is 4.74 Å². The fraction of sp³-hybridized carbons (Fsp3) is 0.500. The second kappa shape index (κ2) is 5.76. The van der Waals surface area contributed by atoms with Crippen LogP contribution in [0.15, 0.2) is 18.2 Å². The maximum absolute atomic E-state index is 11.4. The Balaban J connectivity index is 2.03. The first-order chi connectivity index (χ1) is 8.70. The maximum Gasteiger partial charge on any atom is 0.337 e. The third-order valence-corrected chi connectivity index (χ3v) is 3.38. The molecular formula is C14H19NO3. The highest BCUT2D eigenvalue weighted by molar-refractivity contribution is 5.90. The Kier molecular flexibility index (Phi) is 4.07. The average Bonchev–Trinajstić information content (AvgIpc) is 2.90. The molecule has 1 fully saturated rings. The van der Waals surface area contributed by atoms with Gasteiger partial charge in [0.15, 0.2) is 0 Å². The lowest BCUT2D eigenvalue weighted by Gasteiger charge is -2.13. The largest absolute Gasteiger partial charge is 0.491 e. The van der Waals surface area contributed by atoms with Crippen molar-refractivity contribution in [1.29, 1.82) is 0 Å². The predicted octanol–water partition coefficient (Wildman–Crippen LogP) is 2.62. The molecule has 0 amide bonds. The van der Waals surface area contributed by atoms with Crippen LogP contribution in [0.4, 0.5) is 5.69 Å². The van der Waals surface area contributed by atoms with Gasteiger partial charge in [-0.05, 0) is 37.0 Å². The Morgan fingerprint density at radius 1 is 1.39 bits per heavy atom. The number of hydrogen-bond donors (Lipinski definition) is 1. The highest BCUT2D eigenvalue weighted by Crippen LogP contribution is 2.28. The van der Waals surface area contributed by atoms with Gasteiger partial charge in [-0.15, -0.1) is 0 Å². The highest BCUT2D eigenvalue weighted by atomic mass is 16.5. The molecule has 2 N–H and O–H groups in total. The molecule has 1 aliphatic rings. The number of carbonyl (C=O) groups excluding carboxylic acids is 1. The number of methoxy groups -OCH3 is 1. The van der Waals surface area contributed by atoms with Gasteiger partial charge in [-0.3, -0.25) is 0 Å². The zero-order valence-corrected chi connectivity index (χ0v) is 10.6. The first-order valence-corrected chi connectivity index (χ1v) is 6.31. The highest BCUT2D eigenvalue weighted by Gasteiger charge is 2.16. The number of anilines is 1. The third kappa shape index (κ3) is 2.94.